The monoisotopic (exact) mass is 500 g/mol. The molecule has 0 saturated carbocycles. The van der Waals surface area contributed by atoms with E-state index in [1.165, 1.54) is 0 Å². The summed E-state index contributed by atoms with van der Waals surface area (Å²) in [5.74, 6) is 2.50. The van der Waals surface area contributed by atoms with E-state index in [9.17, 15) is 4.79 Å². The van der Waals surface area contributed by atoms with Gasteiger partial charge in [-0.1, -0.05) is 12.1 Å². The Bertz CT molecular complexity index is 845. The van der Waals surface area contributed by atoms with Crippen LogP contribution in [0.4, 0.5) is 0 Å². The van der Waals surface area contributed by atoms with Crippen molar-refractivity contribution in [1.82, 2.24) is 25.0 Å². The van der Waals surface area contributed by atoms with Gasteiger partial charge in [-0.05, 0) is 37.0 Å². The minimum absolute atomic E-state index is 0. The maximum atomic E-state index is 12.3. The lowest BCUT2D eigenvalue weighted by atomic mass is 10.2. The molecular formula is C19H29IN6O2. The van der Waals surface area contributed by atoms with Crippen molar-refractivity contribution >= 4 is 29.9 Å². The molecule has 0 spiro atoms. The second-order valence-electron chi connectivity index (χ2n) is 6.59. The first-order valence-corrected chi connectivity index (χ1v) is 9.45. The Labute approximate surface area is 182 Å². The third-order valence-electron chi connectivity index (χ3n) is 4.69. The zero-order valence-electron chi connectivity index (χ0n) is 16.5. The van der Waals surface area contributed by atoms with Crippen LogP contribution in [-0.2, 0) is 26.1 Å². The van der Waals surface area contributed by atoms with Gasteiger partial charge in [0.1, 0.15) is 11.6 Å². The first-order valence-electron chi connectivity index (χ1n) is 9.45. The highest BCUT2D eigenvalue weighted by molar-refractivity contribution is 14.0. The van der Waals surface area contributed by atoms with Crippen molar-refractivity contribution in [3.05, 3.63) is 46.1 Å². The van der Waals surface area contributed by atoms with Crippen molar-refractivity contribution in [3.63, 3.8) is 0 Å². The van der Waals surface area contributed by atoms with E-state index in [-0.39, 0.29) is 29.7 Å². The van der Waals surface area contributed by atoms with Crippen LogP contribution in [0.1, 0.15) is 30.7 Å². The number of aliphatic imine (C=N–C) groups is 1. The summed E-state index contributed by atoms with van der Waals surface area (Å²) in [5, 5.41) is 11.0. The third kappa shape index (κ3) is 5.73. The van der Waals surface area contributed by atoms with E-state index in [1.807, 2.05) is 28.8 Å². The maximum absolute atomic E-state index is 12.3. The molecule has 1 aromatic heterocycles. The summed E-state index contributed by atoms with van der Waals surface area (Å²) >= 11 is 0. The van der Waals surface area contributed by atoms with Gasteiger partial charge in [-0.2, -0.15) is 5.10 Å². The van der Waals surface area contributed by atoms with Gasteiger partial charge in [0.15, 0.2) is 5.96 Å². The smallest absolute Gasteiger partial charge is 0.345 e. The van der Waals surface area contributed by atoms with Gasteiger partial charge >= 0.3 is 5.69 Å². The predicted molar refractivity (Wildman–Crippen MR) is 121 cm³/mol. The standard InChI is InChI=1S/C19H28N6O2.HI/c1-20-18(22-14-15-7-5-8-16(13-15)27-2)21-10-6-12-25-19(26)24-11-4-3-9-17(24)23-25;/h5,7-8,13H,3-4,6,9-12,14H2,1-2H3,(H2,20,21,22);1H. The number of halogens is 1. The van der Waals surface area contributed by atoms with E-state index in [0.717, 1.165) is 55.3 Å². The van der Waals surface area contributed by atoms with Gasteiger partial charge in [-0.15, -0.1) is 24.0 Å². The lowest BCUT2D eigenvalue weighted by Crippen LogP contribution is -2.37. The third-order valence-corrected chi connectivity index (χ3v) is 4.69. The van der Waals surface area contributed by atoms with Crippen molar-refractivity contribution in [1.29, 1.82) is 0 Å². The van der Waals surface area contributed by atoms with E-state index in [0.29, 0.717) is 19.6 Å². The number of ether oxygens (including phenoxy) is 1. The zero-order chi connectivity index (χ0) is 19.1. The van der Waals surface area contributed by atoms with Crippen molar-refractivity contribution in [2.75, 3.05) is 20.7 Å². The molecule has 0 aliphatic carbocycles. The van der Waals surface area contributed by atoms with Gasteiger partial charge in [0.25, 0.3) is 0 Å². The molecule has 9 heteroatoms. The van der Waals surface area contributed by atoms with Gasteiger partial charge in [-0.3, -0.25) is 9.56 Å². The van der Waals surface area contributed by atoms with Crippen LogP contribution in [0.15, 0.2) is 34.1 Å². The van der Waals surface area contributed by atoms with Gasteiger partial charge < -0.3 is 15.4 Å². The van der Waals surface area contributed by atoms with E-state index in [4.69, 9.17) is 4.74 Å². The summed E-state index contributed by atoms with van der Waals surface area (Å²) < 4.78 is 8.64. The first kappa shape index (κ1) is 22.3. The van der Waals surface area contributed by atoms with Crippen LogP contribution in [0.25, 0.3) is 0 Å². The molecule has 2 heterocycles. The molecule has 2 N–H and O–H groups in total. The highest BCUT2D eigenvalue weighted by Gasteiger charge is 2.16. The number of aryl methyl sites for hydroxylation is 2. The van der Waals surface area contributed by atoms with Crippen molar-refractivity contribution in [2.45, 2.75) is 45.3 Å². The summed E-state index contributed by atoms with van der Waals surface area (Å²) in [5.41, 5.74) is 1.14. The van der Waals surface area contributed by atoms with Gasteiger partial charge in [0.2, 0.25) is 0 Å². The molecule has 0 bridgehead atoms. The second kappa shape index (κ2) is 11.1. The van der Waals surface area contributed by atoms with E-state index >= 15 is 0 Å². The van der Waals surface area contributed by atoms with Crippen LogP contribution in [-0.4, -0.2) is 41.0 Å². The minimum atomic E-state index is 0. The summed E-state index contributed by atoms with van der Waals surface area (Å²) in [4.78, 5) is 16.5. The van der Waals surface area contributed by atoms with E-state index < -0.39 is 0 Å². The predicted octanol–water partition coefficient (Wildman–Crippen LogP) is 1.76. The van der Waals surface area contributed by atoms with Gasteiger partial charge in [0.05, 0.1) is 7.11 Å². The number of nitrogens with one attached hydrogen (secondary N) is 2. The summed E-state index contributed by atoms with van der Waals surface area (Å²) in [6.07, 6.45) is 3.89. The zero-order valence-corrected chi connectivity index (χ0v) is 18.8. The van der Waals surface area contributed by atoms with Crippen LogP contribution in [0.2, 0.25) is 0 Å². The number of aromatic nitrogens is 3. The van der Waals surface area contributed by atoms with Crippen LogP contribution >= 0.6 is 24.0 Å². The van der Waals surface area contributed by atoms with E-state index in [1.54, 1.807) is 18.8 Å². The highest BCUT2D eigenvalue weighted by atomic mass is 127. The molecule has 1 aromatic carbocycles. The molecule has 154 valence electrons. The van der Waals surface area contributed by atoms with Crippen molar-refractivity contribution in [3.8, 4) is 5.75 Å². The van der Waals surface area contributed by atoms with Crippen LogP contribution in [0, 0.1) is 0 Å². The molecule has 8 nitrogen and oxygen atoms in total. The summed E-state index contributed by atoms with van der Waals surface area (Å²) in [6, 6.07) is 7.92. The second-order valence-corrected chi connectivity index (χ2v) is 6.59. The summed E-state index contributed by atoms with van der Waals surface area (Å²) in [7, 11) is 3.41. The molecule has 0 fully saturated rings. The minimum Gasteiger partial charge on any atom is -0.497 e. The molecule has 0 saturated heterocycles. The number of guanidine groups is 1. The Kier molecular flexibility index (Phi) is 8.81. The molecule has 0 radical (unpaired) electrons. The topological polar surface area (TPSA) is 85.5 Å². The van der Waals surface area contributed by atoms with Crippen LogP contribution < -0.4 is 21.1 Å². The molecule has 28 heavy (non-hydrogen) atoms. The van der Waals surface area contributed by atoms with Gasteiger partial charge in [-0.25, -0.2) is 9.48 Å². The number of fused-ring (bicyclic) bond motifs is 1. The largest absolute Gasteiger partial charge is 0.497 e. The Morgan fingerprint density at radius 1 is 1.32 bits per heavy atom. The average molecular weight is 500 g/mol. The highest BCUT2D eigenvalue weighted by Crippen LogP contribution is 2.12. The quantitative estimate of drug-likeness (QED) is 0.262. The van der Waals surface area contributed by atoms with Gasteiger partial charge in [0, 0.05) is 39.6 Å². The lowest BCUT2D eigenvalue weighted by Gasteiger charge is -2.12. The molecule has 1 aliphatic rings. The van der Waals surface area contributed by atoms with Crippen molar-refractivity contribution < 1.29 is 4.74 Å². The molecule has 3 rings (SSSR count). The average Bonchev–Trinajstić information content (AvgIpc) is 3.03. The molecule has 1 aliphatic heterocycles. The fourth-order valence-corrected chi connectivity index (χ4v) is 3.22. The Morgan fingerprint density at radius 3 is 2.93 bits per heavy atom. The lowest BCUT2D eigenvalue weighted by molar-refractivity contribution is 0.414. The number of benzene rings is 1. The fraction of sp³-hybridized carbons (Fsp3) is 0.526. The van der Waals surface area contributed by atoms with Crippen LogP contribution in [0.3, 0.4) is 0 Å². The first-order chi connectivity index (χ1) is 13.2. The maximum Gasteiger partial charge on any atom is 0.345 e. The number of nitrogens with zero attached hydrogens (tertiary/aromatic N) is 4. The Balaban J connectivity index is 0.00000280. The normalized spacial score (nSPS) is 13.4. The Hall–Kier alpha value is -2.04. The van der Waals surface area contributed by atoms with Crippen molar-refractivity contribution in [2.24, 2.45) is 4.99 Å². The molecule has 0 amide bonds. The number of rotatable bonds is 7. The number of methoxy groups -OCH3 is 1. The molecular weight excluding hydrogens is 471 g/mol. The Morgan fingerprint density at radius 2 is 2.18 bits per heavy atom. The molecule has 0 atom stereocenters. The molecule has 0 unspecified atom stereocenters. The van der Waals surface area contributed by atoms with E-state index in [2.05, 4.69) is 20.7 Å². The van der Waals surface area contributed by atoms with Crippen LogP contribution in [0.5, 0.6) is 5.75 Å². The SMILES string of the molecule is CN=C(NCCCn1nc2n(c1=O)CCCC2)NCc1cccc(OC)c1.I. The number of hydrogen-bond donors (Lipinski definition) is 2. The summed E-state index contributed by atoms with van der Waals surface area (Å²) in [6.45, 7) is 2.78. The molecule has 2 aromatic rings. The fourth-order valence-electron chi connectivity index (χ4n) is 3.22. The number of hydrogen-bond acceptors (Lipinski definition) is 4.